The molecule has 0 aliphatic heterocycles. The van der Waals surface area contributed by atoms with E-state index in [1.165, 1.54) is 5.56 Å². The topological polar surface area (TPSA) is 34.1 Å². The highest BCUT2D eigenvalue weighted by atomic mass is 16.5. The zero-order chi connectivity index (χ0) is 13.3. The SMILES string of the molecule is CCCCOc1ccc(CNc2cccnc2)cc1. The van der Waals surface area contributed by atoms with Crippen LogP contribution >= 0.6 is 0 Å². The Balaban J connectivity index is 1.81. The number of aromatic nitrogens is 1. The first-order valence-electron chi connectivity index (χ1n) is 6.74. The maximum atomic E-state index is 5.63. The normalized spacial score (nSPS) is 10.2. The number of rotatable bonds is 7. The van der Waals surface area contributed by atoms with Gasteiger partial charge in [0.05, 0.1) is 12.3 Å². The number of ether oxygens (including phenoxy) is 1. The van der Waals surface area contributed by atoms with Crippen molar-refractivity contribution in [1.82, 2.24) is 4.98 Å². The number of hydrogen-bond donors (Lipinski definition) is 1. The summed E-state index contributed by atoms with van der Waals surface area (Å²) in [6.07, 6.45) is 5.85. The van der Waals surface area contributed by atoms with Gasteiger partial charge in [-0.3, -0.25) is 4.98 Å². The Morgan fingerprint density at radius 2 is 2.00 bits per heavy atom. The second-order valence-electron chi connectivity index (χ2n) is 4.44. The molecule has 3 heteroatoms. The molecule has 0 spiro atoms. The second-order valence-corrected chi connectivity index (χ2v) is 4.44. The molecule has 0 aliphatic carbocycles. The predicted molar refractivity (Wildman–Crippen MR) is 78.4 cm³/mol. The maximum Gasteiger partial charge on any atom is 0.119 e. The van der Waals surface area contributed by atoms with E-state index in [0.717, 1.165) is 37.4 Å². The summed E-state index contributed by atoms with van der Waals surface area (Å²) in [5.41, 5.74) is 2.26. The van der Waals surface area contributed by atoms with E-state index in [9.17, 15) is 0 Å². The molecule has 1 N–H and O–H groups in total. The van der Waals surface area contributed by atoms with E-state index in [1.807, 2.05) is 30.5 Å². The van der Waals surface area contributed by atoms with E-state index in [2.05, 4.69) is 29.4 Å². The van der Waals surface area contributed by atoms with Crippen LogP contribution < -0.4 is 10.1 Å². The lowest BCUT2D eigenvalue weighted by atomic mass is 10.2. The molecular formula is C16H20N2O. The highest BCUT2D eigenvalue weighted by Crippen LogP contribution is 2.14. The van der Waals surface area contributed by atoms with Gasteiger partial charge in [-0.15, -0.1) is 0 Å². The second kappa shape index (κ2) is 7.41. The van der Waals surface area contributed by atoms with E-state index in [1.54, 1.807) is 6.20 Å². The van der Waals surface area contributed by atoms with Crippen LogP contribution in [0.25, 0.3) is 0 Å². The molecule has 0 saturated carbocycles. The van der Waals surface area contributed by atoms with Crippen LogP contribution in [0, 0.1) is 0 Å². The van der Waals surface area contributed by atoms with Crippen molar-refractivity contribution in [3.05, 3.63) is 54.4 Å². The summed E-state index contributed by atoms with van der Waals surface area (Å²) >= 11 is 0. The van der Waals surface area contributed by atoms with Gasteiger partial charge in [-0.25, -0.2) is 0 Å². The molecular weight excluding hydrogens is 236 g/mol. The molecule has 2 rings (SSSR count). The Kier molecular flexibility index (Phi) is 5.23. The minimum atomic E-state index is 0.793. The number of benzene rings is 1. The molecule has 1 aromatic carbocycles. The summed E-state index contributed by atoms with van der Waals surface area (Å²) in [5.74, 6) is 0.943. The van der Waals surface area contributed by atoms with Gasteiger partial charge >= 0.3 is 0 Å². The van der Waals surface area contributed by atoms with Crippen LogP contribution in [-0.2, 0) is 6.54 Å². The summed E-state index contributed by atoms with van der Waals surface area (Å²) in [4.78, 5) is 4.07. The molecule has 19 heavy (non-hydrogen) atoms. The summed E-state index contributed by atoms with van der Waals surface area (Å²) < 4.78 is 5.63. The third kappa shape index (κ3) is 4.62. The van der Waals surface area contributed by atoms with E-state index >= 15 is 0 Å². The number of pyridine rings is 1. The molecule has 3 nitrogen and oxygen atoms in total. The van der Waals surface area contributed by atoms with Gasteiger partial charge in [0.1, 0.15) is 5.75 Å². The Morgan fingerprint density at radius 3 is 2.68 bits per heavy atom. The number of unbranched alkanes of at least 4 members (excludes halogenated alkanes) is 1. The average Bonchev–Trinajstić information content (AvgIpc) is 2.48. The highest BCUT2D eigenvalue weighted by Gasteiger charge is 1.96. The van der Waals surface area contributed by atoms with E-state index in [0.29, 0.717) is 0 Å². The molecule has 2 aromatic rings. The largest absolute Gasteiger partial charge is 0.494 e. The highest BCUT2D eigenvalue weighted by molar-refractivity contribution is 5.41. The summed E-state index contributed by atoms with van der Waals surface area (Å²) in [6.45, 7) is 3.75. The van der Waals surface area contributed by atoms with Crippen LogP contribution in [0.3, 0.4) is 0 Å². The molecule has 0 aliphatic rings. The zero-order valence-corrected chi connectivity index (χ0v) is 11.3. The molecule has 0 unspecified atom stereocenters. The van der Waals surface area contributed by atoms with E-state index in [-0.39, 0.29) is 0 Å². The first-order valence-corrected chi connectivity index (χ1v) is 6.74. The Labute approximate surface area is 114 Å². The third-order valence-electron chi connectivity index (χ3n) is 2.85. The maximum absolute atomic E-state index is 5.63. The van der Waals surface area contributed by atoms with E-state index in [4.69, 9.17) is 4.74 Å². The lowest BCUT2D eigenvalue weighted by Gasteiger charge is -2.08. The van der Waals surface area contributed by atoms with Crippen molar-refractivity contribution in [2.45, 2.75) is 26.3 Å². The summed E-state index contributed by atoms with van der Waals surface area (Å²) in [6, 6.07) is 12.2. The van der Waals surface area contributed by atoms with Crippen molar-refractivity contribution >= 4 is 5.69 Å². The fourth-order valence-corrected chi connectivity index (χ4v) is 1.71. The lowest BCUT2D eigenvalue weighted by Crippen LogP contribution is -2.00. The van der Waals surface area contributed by atoms with Crippen molar-refractivity contribution in [1.29, 1.82) is 0 Å². The molecule has 0 amide bonds. The zero-order valence-electron chi connectivity index (χ0n) is 11.3. The van der Waals surface area contributed by atoms with Crippen molar-refractivity contribution < 1.29 is 4.74 Å². The van der Waals surface area contributed by atoms with Gasteiger partial charge in [-0.05, 0) is 36.2 Å². The van der Waals surface area contributed by atoms with Crippen LogP contribution in [0.2, 0.25) is 0 Å². The Bertz CT molecular complexity index is 468. The molecule has 1 heterocycles. The fraction of sp³-hybridized carbons (Fsp3) is 0.312. The quantitative estimate of drug-likeness (QED) is 0.763. The standard InChI is InChI=1S/C16H20N2O/c1-2-3-11-19-16-8-6-14(7-9-16)12-18-15-5-4-10-17-13-15/h4-10,13,18H,2-3,11-12H2,1H3. The van der Waals surface area contributed by atoms with Crippen LogP contribution in [0.1, 0.15) is 25.3 Å². The minimum absolute atomic E-state index is 0.793. The minimum Gasteiger partial charge on any atom is -0.494 e. The molecule has 0 atom stereocenters. The van der Waals surface area contributed by atoms with Crippen LogP contribution in [-0.4, -0.2) is 11.6 Å². The number of nitrogens with zero attached hydrogens (tertiary/aromatic N) is 1. The van der Waals surface area contributed by atoms with Gasteiger partial charge in [0, 0.05) is 18.9 Å². The average molecular weight is 256 g/mol. The molecule has 0 fully saturated rings. The fourth-order valence-electron chi connectivity index (χ4n) is 1.71. The number of anilines is 1. The van der Waals surface area contributed by atoms with Gasteiger partial charge < -0.3 is 10.1 Å². The van der Waals surface area contributed by atoms with Gasteiger partial charge in [0.2, 0.25) is 0 Å². The monoisotopic (exact) mass is 256 g/mol. The number of nitrogens with one attached hydrogen (secondary N) is 1. The Morgan fingerprint density at radius 1 is 1.16 bits per heavy atom. The van der Waals surface area contributed by atoms with Crippen LogP contribution in [0.4, 0.5) is 5.69 Å². The molecule has 1 aromatic heterocycles. The summed E-state index contributed by atoms with van der Waals surface area (Å²) in [5, 5.41) is 3.33. The van der Waals surface area contributed by atoms with Crippen LogP contribution in [0.15, 0.2) is 48.8 Å². The van der Waals surface area contributed by atoms with Crippen molar-refractivity contribution in [2.24, 2.45) is 0 Å². The van der Waals surface area contributed by atoms with Crippen LogP contribution in [0.5, 0.6) is 5.75 Å². The third-order valence-corrected chi connectivity index (χ3v) is 2.85. The molecule has 0 radical (unpaired) electrons. The molecule has 100 valence electrons. The number of hydrogen-bond acceptors (Lipinski definition) is 3. The first-order chi connectivity index (χ1) is 9.38. The van der Waals surface area contributed by atoms with Gasteiger partial charge in [-0.1, -0.05) is 25.5 Å². The Hall–Kier alpha value is -2.03. The molecule has 0 saturated heterocycles. The van der Waals surface area contributed by atoms with Gasteiger partial charge in [-0.2, -0.15) is 0 Å². The van der Waals surface area contributed by atoms with E-state index < -0.39 is 0 Å². The smallest absolute Gasteiger partial charge is 0.119 e. The molecule has 0 bridgehead atoms. The predicted octanol–water partition coefficient (Wildman–Crippen LogP) is 3.87. The van der Waals surface area contributed by atoms with Gasteiger partial charge in [0.15, 0.2) is 0 Å². The first kappa shape index (κ1) is 13.4. The lowest BCUT2D eigenvalue weighted by molar-refractivity contribution is 0.309. The van der Waals surface area contributed by atoms with Crippen molar-refractivity contribution in [3.63, 3.8) is 0 Å². The van der Waals surface area contributed by atoms with Gasteiger partial charge in [0.25, 0.3) is 0 Å². The summed E-state index contributed by atoms with van der Waals surface area (Å²) in [7, 11) is 0. The van der Waals surface area contributed by atoms with Crippen molar-refractivity contribution in [2.75, 3.05) is 11.9 Å². The van der Waals surface area contributed by atoms with Crippen molar-refractivity contribution in [3.8, 4) is 5.75 Å².